The average molecular weight is 528 g/mol. The molecule has 1 saturated heterocycles. The minimum absolute atomic E-state index is 0. The largest absolute Gasteiger partial charge is 1.00 e. The van der Waals surface area contributed by atoms with Gasteiger partial charge in [0.25, 0.3) is 0 Å². The Morgan fingerprint density at radius 2 is 1.67 bits per heavy atom. The van der Waals surface area contributed by atoms with Crippen molar-refractivity contribution in [2.24, 2.45) is 5.41 Å². The maximum absolute atomic E-state index is 2.63. The van der Waals surface area contributed by atoms with E-state index in [1.807, 2.05) is 3.33 Å². The molecule has 1 aliphatic heterocycles. The summed E-state index contributed by atoms with van der Waals surface area (Å²) in [5.74, 6) is 0. The molecule has 1 fully saturated rings. The Kier molecular flexibility index (Phi) is 5.80. The van der Waals surface area contributed by atoms with E-state index in [9.17, 15) is 0 Å². The van der Waals surface area contributed by atoms with Gasteiger partial charge >= 0.3 is 140 Å². The van der Waals surface area contributed by atoms with Crippen molar-refractivity contribution in [1.29, 1.82) is 0 Å². The van der Waals surface area contributed by atoms with E-state index in [4.69, 9.17) is 0 Å². The first-order valence-corrected chi connectivity index (χ1v) is 17.6. The van der Waals surface area contributed by atoms with Crippen molar-refractivity contribution in [2.75, 3.05) is 0 Å². The van der Waals surface area contributed by atoms with Gasteiger partial charge in [-0.25, -0.2) is 0 Å². The molecule has 4 rings (SSSR count). The first-order valence-electron chi connectivity index (χ1n) is 8.60. The van der Waals surface area contributed by atoms with Gasteiger partial charge in [0.2, 0.25) is 0 Å². The summed E-state index contributed by atoms with van der Waals surface area (Å²) in [5, 5.41) is 0. The van der Waals surface area contributed by atoms with Crippen molar-refractivity contribution in [3.8, 4) is 0 Å². The van der Waals surface area contributed by atoms with Crippen LogP contribution in [-0.2, 0) is 20.0 Å². The first-order chi connectivity index (χ1) is 10.4. The van der Waals surface area contributed by atoms with E-state index < -0.39 is 20.0 Å². The predicted octanol–water partition coefficient (Wildman–Crippen LogP) is 0.417. The van der Waals surface area contributed by atoms with Gasteiger partial charge in [-0.05, 0) is 0 Å². The van der Waals surface area contributed by atoms with Crippen LogP contribution in [0.15, 0.2) is 51.4 Å². The smallest absolute Gasteiger partial charge is 1.00 e. The molecule has 0 bridgehead atoms. The molecule has 0 N–H and O–H groups in total. The van der Waals surface area contributed by atoms with Gasteiger partial charge < -0.3 is 24.8 Å². The van der Waals surface area contributed by atoms with Crippen LogP contribution in [0, 0.1) is 5.41 Å². The number of halogens is 2. The zero-order valence-corrected chi connectivity index (χ0v) is 20.1. The normalized spacial score (nSPS) is 22.0. The summed E-state index contributed by atoms with van der Waals surface area (Å²) < 4.78 is 5.88. The summed E-state index contributed by atoms with van der Waals surface area (Å²) in [7, 11) is 0. The molecule has 3 aliphatic rings. The Balaban J connectivity index is 0.00000104. The van der Waals surface area contributed by atoms with E-state index in [1.165, 1.54) is 17.6 Å². The molecule has 128 valence electrons. The number of hydrogen-bond acceptors (Lipinski definition) is 0. The van der Waals surface area contributed by atoms with Gasteiger partial charge in [-0.1, -0.05) is 0 Å². The van der Waals surface area contributed by atoms with Gasteiger partial charge in [0.15, 0.2) is 0 Å². The molecule has 3 heteroatoms. The zero-order valence-electron chi connectivity index (χ0n) is 15.0. The molecule has 0 amide bonds. The molecular weight excluding hydrogens is 502 g/mol. The third-order valence-corrected chi connectivity index (χ3v) is 23.5. The van der Waals surface area contributed by atoms with Crippen molar-refractivity contribution < 1.29 is 44.8 Å². The molecule has 1 unspecified atom stereocenters. The van der Waals surface area contributed by atoms with Gasteiger partial charge in [-0.15, -0.1) is 0 Å². The van der Waals surface area contributed by atoms with Crippen LogP contribution in [0.3, 0.4) is 0 Å². The molecule has 1 atom stereocenters. The Hall–Kier alpha value is -0.110. The number of allylic oxidation sites excluding steroid dienone is 6. The fourth-order valence-corrected chi connectivity index (χ4v) is 27.8. The van der Waals surface area contributed by atoms with Crippen molar-refractivity contribution in [3.05, 3.63) is 62.5 Å². The molecule has 1 aromatic rings. The summed E-state index contributed by atoms with van der Waals surface area (Å²) in [6.07, 6.45) is 8.91. The topological polar surface area (TPSA) is 0 Å². The third-order valence-electron chi connectivity index (χ3n) is 5.99. The molecule has 0 radical (unpaired) electrons. The molecule has 24 heavy (non-hydrogen) atoms. The second kappa shape index (κ2) is 6.89. The maximum atomic E-state index is 2.63. The molecule has 0 spiro atoms. The van der Waals surface area contributed by atoms with Gasteiger partial charge in [0, 0.05) is 0 Å². The van der Waals surface area contributed by atoms with Gasteiger partial charge in [0.05, 0.1) is 0 Å². The molecule has 0 nitrogen and oxygen atoms in total. The Bertz CT molecular complexity index is 730. The van der Waals surface area contributed by atoms with Crippen LogP contribution in [0.1, 0.15) is 48.9 Å². The van der Waals surface area contributed by atoms with Crippen LogP contribution in [0.5, 0.6) is 0 Å². The zero-order chi connectivity index (χ0) is 15.5. The van der Waals surface area contributed by atoms with Gasteiger partial charge in [-0.2, -0.15) is 0 Å². The average Bonchev–Trinajstić information content (AvgIpc) is 2.96. The second-order valence-corrected chi connectivity index (χ2v) is 24.8. The van der Waals surface area contributed by atoms with Gasteiger partial charge in [0.1, 0.15) is 0 Å². The Morgan fingerprint density at radius 1 is 1.00 bits per heavy atom. The molecule has 0 saturated carbocycles. The molecule has 2 aliphatic carbocycles. The van der Waals surface area contributed by atoms with Crippen molar-refractivity contribution in [3.63, 3.8) is 0 Å². The van der Waals surface area contributed by atoms with Gasteiger partial charge in [-0.3, -0.25) is 0 Å². The van der Waals surface area contributed by atoms with E-state index >= 15 is 0 Å². The summed E-state index contributed by atoms with van der Waals surface area (Å²) in [6.45, 7) is 9.40. The first kappa shape index (κ1) is 20.2. The van der Waals surface area contributed by atoms with E-state index in [0.717, 1.165) is 3.67 Å². The standard InChI is InChI=1S/C10H9.C9H13.C2H4.2ClH.Hf/c1-8-6-7-9-4-2-3-5-10(8)9;1-9(2,3)8-6-4-5-7-8;1-2;;;/h2-7H,1H3;4,6H,7H2,1-3H3;1-2H2;2*1H;/q;;;;;+2/p-2. The van der Waals surface area contributed by atoms with Crippen LogP contribution in [0.4, 0.5) is 0 Å². The van der Waals surface area contributed by atoms with Crippen LogP contribution in [-0.4, -0.2) is 0 Å². The van der Waals surface area contributed by atoms with Crippen molar-refractivity contribution >= 4 is 5.57 Å². The summed E-state index contributed by atoms with van der Waals surface area (Å²) >= 11 is -2.28. The number of fused-ring (bicyclic) bond motifs is 1. The maximum Gasteiger partial charge on any atom is -1.00 e. The van der Waals surface area contributed by atoms with Crippen molar-refractivity contribution in [2.45, 2.75) is 46.1 Å². The quantitative estimate of drug-likeness (QED) is 0.489. The molecular formula is C21H26Cl2Hf. The Labute approximate surface area is 163 Å². The van der Waals surface area contributed by atoms with Crippen LogP contribution in [0.2, 0.25) is 8.35 Å². The fourth-order valence-electron chi connectivity index (χ4n) is 4.36. The SMILES string of the molecule is CC1=C[CH]([Hf+2]2([C]3=CC=C(C(C)(C)C)C3)[CH2][CH2]2)c2ccccc21.[Cl-].[Cl-]. The third kappa shape index (κ3) is 3.17. The predicted molar refractivity (Wildman–Crippen MR) is 92.7 cm³/mol. The molecule has 1 aromatic carbocycles. The van der Waals surface area contributed by atoms with E-state index in [1.54, 1.807) is 19.5 Å². The number of rotatable bonds is 2. The van der Waals surface area contributed by atoms with E-state index in [0.29, 0.717) is 5.41 Å². The minimum atomic E-state index is -2.28. The summed E-state index contributed by atoms with van der Waals surface area (Å²) in [5.41, 5.74) is 6.70. The Morgan fingerprint density at radius 3 is 2.25 bits per heavy atom. The molecule has 1 heterocycles. The van der Waals surface area contributed by atoms with Crippen LogP contribution < -0.4 is 24.8 Å². The fraction of sp³-hybridized carbons (Fsp3) is 0.429. The van der Waals surface area contributed by atoms with E-state index in [-0.39, 0.29) is 24.8 Å². The summed E-state index contributed by atoms with van der Waals surface area (Å²) in [6, 6.07) is 9.17. The monoisotopic (exact) mass is 528 g/mol. The van der Waals surface area contributed by atoms with Crippen LogP contribution >= 0.6 is 0 Å². The molecule has 0 aromatic heterocycles. The van der Waals surface area contributed by atoms with Crippen molar-refractivity contribution in [1.82, 2.24) is 0 Å². The van der Waals surface area contributed by atoms with Crippen LogP contribution in [0.25, 0.3) is 5.57 Å². The minimum Gasteiger partial charge on any atom is -1.00 e. The summed E-state index contributed by atoms with van der Waals surface area (Å²) in [4.78, 5) is 0. The number of benzene rings is 1. The number of hydrogen-bond donors (Lipinski definition) is 0. The van der Waals surface area contributed by atoms with E-state index in [2.05, 4.69) is 70.2 Å². The second-order valence-electron chi connectivity index (χ2n) is 8.38.